The lowest BCUT2D eigenvalue weighted by Gasteiger charge is -2.21. The molecule has 14 heteroatoms. The molecule has 4 N–H and O–H groups in total. The largest absolute Gasteiger partial charge is 0.508 e. The van der Waals surface area contributed by atoms with Crippen molar-refractivity contribution in [2.45, 2.75) is 58.7 Å². The quantitative estimate of drug-likeness (QED) is 0.121. The highest BCUT2D eigenvalue weighted by Crippen LogP contribution is 2.35. The van der Waals surface area contributed by atoms with E-state index in [1.807, 2.05) is 6.92 Å². The van der Waals surface area contributed by atoms with Crippen LogP contribution in [0, 0.1) is 18.6 Å². The third-order valence-corrected chi connectivity index (χ3v) is 8.36. The Bertz CT molecular complexity index is 2210. The first kappa shape index (κ1) is 34.7. The molecule has 262 valence electrons. The van der Waals surface area contributed by atoms with Crippen molar-refractivity contribution in [2.75, 3.05) is 5.32 Å². The summed E-state index contributed by atoms with van der Waals surface area (Å²) in [4.78, 5) is 57.9. The molecule has 0 saturated carbocycles. The Morgan fingerprint density at radius 3 is 2.39 bits per heavy atom. The number of carbonyl (C=O) groups excluding carboxylic acids is 4. The number of amides is 3. The molecule has 2 aromatic heterocycles. The van der Waals surface area contributed by atoms with E-state index in [1.54, 1.807) is 32.9 Å². The van der Waals surface area contributed by atoms with Gasteiger partial charge in [0.25, 0.3) is 17.7 Å². The maximum absolute atomic E-state index is 14.0. The van der Waals surface area contributed by atoms with Gasteiger partial charge in [-0.2, -0.15) is 5.10 Å². The van der Waals surface area contributed by atoms with Gasteiger partial charge in [0.2, 0.25) is 0 Å². The van der Waals surface area contributed by atoms with Crippen LogP contribution in [0.15, 0.2) is 66.9 Å². The number of nitrogens with zero attached hydrogens (tertiary/aromatic N) is 3. The maximum Gasteiger partial charge on any atom is 0.338 e. The van der Waals surface area contributed by atoms with Gasteiger partial charge in [0.1, 0.15) is 28.3 Å². The second-order valence-corrected chi connectivity index (χ2v) is 13.1. The minimum Gasteiger partial charge on any atom is -0.508 e. The highest BCUT2D eigenvalue weighted by atomic mass is 19.2. The number of phenolic OH excluding ortho intramolecular Hbond substituents is 1. The number of nitrogens with one attached hydrogen (secondary N) is 3. The van der Waals surface area contributed by atoms with Crippen LogP contribution in [0.25, 0.3) is 5.65 Å². The zero-order valence-electron chi connectivity index (χ0n) is 28.1. The molecule has 3 amide bonds. The number of anilines is 1. The van der Waals surface area contributed by atoms with Gasteiger partial charge >= 0.3 is 5.97 Å². The lowest BCUT2D eigenvalue weighted by atomic mass is 9.97. The van der Waals surface area contributed by atoms with Crippen LogP contribution in [0.5, 0.6) is 5.75 Å². The van der Waals surface area contributed by atoms with Crippen molar-refractivity contribution in [1.82, 2.24) is 25.2 Å². The van der Waals surface area contributed by atoms with Gasteiger partial charge in [-0.05, 0) is 105 Å². The second kappa shape index (κ2) is 13.6. The Labute approximate surface area is 290 Å². The van der Waals surface area contributed by atoms with E-state index in [4.69, 9.17) is 4.74 Å². The van der Waals surface area contributed by atoms with Gasteiger partial charge in [-0.25, -0.2) is 23.1 Å². The predicted octanol–water partition coefficient (Wildman–Crippen LogP) is 5.58. The molecule has 0 bridgehead atoms. The maximum atomic E-state index is 14.0. The average Bonchev–Trinajstić information content (AvgIpc) is 3.70. The van der Waals surface area contributed by atoms with Crippen molar-refractivity contribution in [3.05, 3.63) is 123 Å². The summed E-state index contributed by atoms with van der Waals surface area (Å²) < 4.78 is 33.9. The normalized spacial score (nSPS) is 13.8. The molecule has 1 atom stereocenters. The minimum atomic E-state index is -1.08. The van der Waals surface area contributed by atoms with Crippen LogP contribution in [0.1, 0.15) is 97.2 Å². The molecular formula is C37H34F2N6O6. The number of hydrogen-bond acceptors (Lipinski definition) is 8. The highest BCUT2D eigenvalue weighted by molar-refractivity contribution is 6.09. The van der Waals surface area contributed by atoms with Crippen molar-refractivity contribution in [2.24, 2.45) is 0 Å². The zero-order chi connectivity index (χ0) is 36.6. The summed E-state index contributed by atoms with van der Waals surface area (Å²) in [6.07, 6.45) is 2.34. The second-order valence-electron chi connectivity index (χ2n) is 13.1. The number of halogens is 2. The topological polar surface area (TPSA) is 164 Å². The van der Waals surface area contributed by atoms with Gasteiger partial charge in [-0.15, -0.1) is 0 Å². The van der Waals surface area contributed by atoms with Crippen molar-refractivity contribution in [1.29, 1.82) is 0 Å². The molecule has 0 radical (unpaired) electrons. The first-order valence-electron chi connectivity index (χ1n) is 16.1. The summed E-state index contributed by atoms with van der Waals surface area (Å²) in [7, 11) is 0. The summed E-state index contributed by atoms with van der Waals surface area (Å²) in [5.74, 6) is -4.55. The first-order valence-corrected chi connectivity index (χ1v) is 16.1. The molecule has 1 aliphatic rings. The van der Waals surface area contributed by atoms with Crippen LogP contribution in [-0.4, -0.2) is 49.0 Å². The fourth-order valence-corrected chi connectivity index (χ4v) is 5.88. The number of aromatic nitrogens is 3. The van der Waals surface area contributed by atoms with Crippen LogP contribution >= 0.6 is 0 Å². The molecular weight excluding hydrogens is 662 g/mol. The first-order chi connectivity index (χ1) is 24.2. The smallest absolute Gasteiger partial charge is 0.338 e. The molecule has 2 heterocycles. The minimum absolute atomic E-state index is 0.00357. The Balaban J connectivity index is 1.31. The van der Waals surface area contributed by atoms with Crippen LogP contribution in [-0.2, 0) is 17.7 Å². The van der Waals surface area contributed by atoms with E-state index in [0.717, 1.165) is 33.3 Å². The number of hydrogen-bond donors (Lipinski definition) is 4. The molecule has 0 spiro atoms. The third kappa shape index (κ3) is 7.39. The van der Waals surface area contributed by atoms with E-state index in [-0.39, 0.29) is 40.5 Å². The Hall–Kier alpha value is -6.18. The van der Waals surface area contributed by atoms with Crippen molar-refractivity contribution >= 4 is 35.0 Å². The number of benzene rings is 3. The number of rotatable bonds is 8. The number of phenols is 1. The predicted molar refractivity (Wildman–Crippen MR) is 181 cm³/mol. The van der Waals surface area contributed by atoms with E-state index < -0.39 is 47.0 Å². The SMILES string of the molecule is Cc1c(C(=O)OC(C)(C)C)ccc2c1CC[C@@H]2NC(=O)c1cc(C(=O)NCc2ccc(F)c(F)c2)nc2c(C(=O)Nc3ccc(O)cc3)cnn12. The fraction of sp³-hybridized carbons (Fsp3) is 0.243. The van der Waals surface area contributed by atoms with E-state index in [9.17, 15) is 33.1 Å². The Morgan fingerprint density at radius 1 is 0.941 bits per heavy atom. The summed E-state index contributed by atoms with van der Waals surface area (Å²) >= 11 is 0. The monoisotopic (exact) mass is 696 g/mol. The highest BCUT2D eigenvalue weighted by Gasteiger charge is 2.31. The van der Waals surface area contributed by atoms with E-state index in [0.29, 0.717) is 24.1 Å². The van der Waals surface area contributed by atoms with Crippen molar-refractivity contribution in [3.63, 3.8) is 0 Å². The van der Waals surface area contributed by atoms with Crippen molar-refractivity contribution in [3.8, 4) is 5.75 Å². The van der Waals surface area contributed by atoms with E-state index in [1.165, 1.54) is 42.6 Å². The lowest BCUT2D eigenvalue weighted by Crippen LogP contribution is -2.31. The van der Waals surface area contributed by atoms with Gasteiger partial charge in [0.15, 0.2) is 17.3 Å². The zero-order valence-corrected chi connectivity index (χ0v) is 28.1. The summed E-state index contributed by atoms with van der Waals surface area (Å²) in [5, 5.41) is 22.1. The number of aromatic hydroxyl groups is 1. The molecule has 1 aliphatic carbocycles. The van der Waals surface area contributed by atoms with Crippen LogP contribution in [0.3, 0.4) is 0 Å². The number of carbonyl (C=O) groups is 4. The average molecular weight is 697 g/mol. The third-order valence-electron chi connectivity index (χ3n) is 8.36. The Morgan fingerprint density at radius 2 is 1.69 bits per heavy atom. The van der Waals surface area contributed by atoms with Gasteiger partial charge in [-0.3, -0.25) is 14.4 Å². The molecule has 51 heavy (non-hydrogen) atoms. The standard InChI is InChI=1S/C37H34F2N6O6/c1-19-23-12-14-29(25(23)11-10-24(19)36(50)51-37(2,3)4)44-35(49)31-16-30(34(48)40-17-20-5-13-27(38)28(39)15-20)43-32-26(18-41-45(31)32)33(47)42-21-6-8-22(46)9-7-21/h5-11,13,15-16,18,29,46H,12,14,17H2,1-4H3,(H,40,48)(H,42,47)(H,44,49)/t29-/m0/s1. The molecule has 0 aliphatic heterocycles. The number of esters is 1. The number of fused-ring (bicyclic) bond motifs is 2. The fourth-order valence-electron chi connectivity index (χ4n) is 5.88. The van der Waals surface area contributed by atoms with Gasteiger partial charge in [0, 0.05) is 18.3 Å². The molecule has 5 aromatic rings. The Kier molecular flexibility index (Phi) is 9.26. The molecule has 12 nitrogen and oxygen atoms in total. The van der Waals surface area contributed by atoms with Crippen LogP contribution in [0.2, 0.25) is 0 Å². The molecule has 0 fully saturated rings. The van der Waals surface area contributed by atoms with Crippen LogP contribution in [0.4, 0.5) is 14.5 Å². The molecule has 0 unspecified atom stereocenters. The summed E-state index contributed by atoms with van der Waals surface area (Å²) in [5.41, 5.74) is 2.46. The van der Waals surface area contributed by atoms with E-state index >= 15 is 0 Å². The van der Waals surface area contributed by atoms with Gasteiger partial charge in [0.05, 0.1) is 17.8 Å². The molecule has 6 rings (SSSR count). The molecule has 0 saturated heterocycles. The lowest BCUT2D eigenvalue weighted by molar-refractivity contribution is 0.00682. The van der Waals surface area contributed by atoms with E-state index in [2.05, 4.69) is 26.0 Å². The van der Waals surface area contributed by atoms with Gasteiger partial charge in [-0.1, -0.05) is 12.1 Å². The van der Waals surface area contributed by atoms with Gasteiger partial charge < -0.3 is 25.8 Å². The summed E-state index contributed by atoms with van der Waals surface area (Å²) in [6.45, 7) is 7.04. The number of ether oxygens (including phenoxy) is 1. The van der Waals surface area contributed by atoms with Crippen molar-refractivity contribution < 1.29 is 37.8 Å². The van der Waals surface area contributed by atoms with Crippen LogP contribution < -0.4 is 16.0 Å². The molecule has 3 aromatic carbocycles. The summed E-state index contributed by atoms with van der Waals surface area (Å²) in [6, 6.07) is 13.2.